The van der Waals surface area contributed by atoms with Gasteiger partial charge in [-0.05, 0) is 98.3 Å². The maximum atomic E-state index is 2.33. The maximum Gasteiger partial charge on any atom is 0.393 e. The molecular weight excluding hydrogens is 1100 g/mol. The first kappa shape index (κ1) is 56.0. The molecule has 316 valence electrons. The van der Waals surface area contributed by atoms with Crippen LogP contribution in [0.3, 0.4) is 0 Å². The second kappa shape index (κ2) is 30.9. The first-order chi connectivity index (χ1) is 25.8. The van der Waals surface area contributed by atoms with Gasteiger partial charge in [0, 0.05) is 61.1 Å². The average molecular weight is 1150 g/mol. The van der Waals surface area contributed by atoms with Gasteiger partial charge in [0.05, 0.1) is 0 Å². The van der Waals surface area contributed by atoms with E-state index in [9.17, 15) is 0 Å². The Morgan fingerprint density at radius 3 is 0.828 bits per heavy atom. The molecule has 2 aliphatic carbocycles. The van der Waals surface area contributed by atoms with Crippen molar-refractivity contribution in [2.45, 2.75) is 33.1 Å². The molecule has 0 spiro atoms. The molecule has 4 atom stereocenters. The summed E-state index contributed by atoms with van der Waals surface area (Å²) in [5.41, 5.74) is 0. The van der Waals surface area contributed by atoms with E-state index in [1.54, 1.807) is 0 Å². The maximum absolute atomic E-state index is 2.33. The molecule has 0 amide bonds. The summed E-state index contributed by atoms with van der Waals surface area (Å²) in [6.07, 6.45) is 5.35. The minimum Gasteiger partial charge on any atom is -1.00 e. The summed E-state index contributed by atoms with van der Waals surface area (Å²) in [6, 6.07) is 66.0. The van der Waals surface area contributed by atoms with Crippen LogP contribution >= 0.6 is 39.4 Å². The molecule has 12 heteroatoms. The van der Waals surface area contributed by atoms with Crippen molar-refractivity contribution in [2.24, 2.45) is 11.8 Å². The molecule has 1 aliphatic heterocycles. The Bertz CT molecular complexity index is 1670. The number of hydrogen-bond acceptors (Lipinski definition) is 2. The zero-order valence-electron chi connectivity index (χ0n) is 31.5. The van der Waals surface area contributed by atoms with Crippen molar-refractivity contribution in [3.05, 3.63) is 182 Å². The number of benzene rings is 6. The summed E-state index contributed by atoms with van der Waals surface area (Å²) in [5.74, 6) is 1.70. The number of rotatable bonds is 12. The van der Waals surface area contributed by atoms with Gasteiger partial charge in [0.25, 0.3) is 21.6 Å². The van der Waals surface area contributed by atoms with Crippen LogP contribution in [0.5, 0.6) is 0 Å². The first-order valence-corrected chi connectivity index (χ1v) is 25.0. The molecule has 0 unspecified atom stereocenters. The molecule has 0 aromatic heterocycles. The topological polar surface area (TPSA) is 0 Å². The minimum absolute atomic E-state index is 0. The van der Waals surface area contributed by atoms with Crippen LogP contribution in [0.1, 0.15) is 12.8 Å². The van der Waals surface area contributed by atoms with Crippen molar-refractivity contribution in [2.75, 3.05) is 23.0 Å². The third-order valence-electron chi connectivity index (χ3n) is 9.17. The van der Waals surface area contributed by atoms with E-state index in [0.29, 0.717) is 0 Å². The van der Waals surface area contributed by atoms with Crippen LogP contribution < -0.4 is 70.8 Å². The smallest absolute Gasteiger partial charge is 0.393 e. The SMILES string of the molecule is C1[Cl+]C[Cl+]1.[Cl-].[Cl-].[Cl-].[Cl-].[Pd].[Pd].c1ccc(S[C@@H]2C[C@@H]2CP(c2ccccc2)c2ccccc2)cc1.c1ccc(S[C@H]2C[C@H]2CP(c2ccccc2)c2ccccc2)cc1. The van der Waals surface area contributed by atoms with Gasteiger partial charge in [-0.25, -0.2) is 0 Å². The Balaban J connectivity index is 0.000000482. The predicted octanol–water partition coefficient (Wildman–Crippen LogP) is -1.30. The molecule has 0 N–H and O–H groups in total. The summed E-state index contributed by atoms with van der Waals surface area (Å²) in [5, 5.41) is 10.1. The summed E-state index contributed by atoms with van der Waals surface area (Å²) < 4.78 is 0. The number of halogens is 6. The van der Waals surface area contributed by atoms with Gasteiger partial charge in [0.15, 0.2) is 0 Å². The molecule has 1 saturated heterocycles. The standard InChI is InChI=1S/2C22H21PS.C2H4Cl2.4ClH.2Pd/c2*1-4-10-19(11-5-1)23(20-12-6-2-7-13-20)17-18-16-22(18)24-21-14-8-3-9-15-21;1-3-2-4-1;;;;;;/h2*1-15,18,22H,16-17H2;1-2H2;4*1H;;/q;;+2;;;;;;/p-4/t2*18-,22-;;;;;;;/m10......./s1. The van der Waals surface area contributed by atoms with E-state index >= 15 is 0 Å². The molecule has 6 aromatic rings. The van der Waals surface area contributed by atoms with Crippen LogP contribution in [0.15, 0.2) is 192 Å². The number of thioether (sulfide) groups is 2. The van der Waals surface area contributed by atoms with Crippen LogP contribution in [0.4, 0.5) is 0 Å². The molecule has 6 aromatic carbocycles. The summed E-state index contributed by atoms with van der Waals surface area (Å²) in [4.78, 5) is 2.82. The van der Waals surface area contributed by atoms with Gasteiger partial charge in [-0.3, -0.25) is 0 Å². The Kier molecular flexibility index (Phi) is 29.8. The van der Waals surface area contributed by atoms with E-state index < -0.39 is 0 Å². The van der Waals surface area contributed by atoms with E-state index in [-0.39, 0.29) is 106 Å². The Morgan fingerprint density at radius 1 is 0.379 bits per heavy atom. The summed E-state index contributed by atoms with van der Waals surface area (Å²) in [6.45, 7) is 0. The summed E-state index contributed by atoms with van der Waals surface area (Å²) >= 11 is 4.12. The number of alkyl halides is 4. The van der Waals surface area contributed by atoms with E-state index in [1.807, 2.05) is 0 Å². The average Bonchev–Trinajstić information content (AvgIpc) is 4.12. The second-order valence-electron chi connectivity index (χ2n) is 13.1. The number of hydrogen-bond donors (Lipinski definition) is 0. The third-order valence-corrected chi connectivity index (χ3v) is 19.7. The van der Waals surface area contributed by atoms with Crippen molar-refractivity contribution in [3.63, 3.8) is 0 Å². The molecule has 0 bridgehead atoms. The fraction of sp³-hybridized carbons (Fsp3) is 0.217. The van der Waals surface area contributed by atoms with Gasteiger partial charge in [0.1, 0.15) is 0 Å². The second-order valence-corrected chi connectivity index (χ2v) is 22.6. The molecule has 3 aliphatic rings. The molecule has 3 fully saturated rings. The van der Waals surface area contributed by atoms with Gasteiger partial charge in [-0.1, -0.05) is 158 Å². The van der Waals surface area contributed by atoms with Gasteiger partial charge < -0.3 is 49.6 Å². The van der Waals surface area contributed by atoms with Crippen molar-refractivity contribution >= 4 is 60.6 Å². The normalized spacial score (nSPS) is 17.7. The van der Waals surface area contributed by atoms with Gasteiger partial charge >= 0.3 is 10.7 Å². The molecule has 1 heterocycles. The zero-order valence-corrected chi connectivity index (χ0v) is 42.6. The monoisotopic (exact) mass is 1150 g/mol. The fourth-order valence-electron chi connectivity index (χ4n) is 6.15. The van der Waals surface area contributed by atoms with Crippen molar-refractivity contribution < 1.29 is 112 Å². The minimum atomic E-state index is -0.242. The van der Waals surface area contributed by atoms with Crippen LogP contribution in [0.2, 0.25) is 0 Å². The van der Waals surface area contributed by atoms with E-state index in [0.717, 1.165) is 22.3 Å². The molecule has 0 nitrogen and oxygen atoms in total. The van der Waals surface area contributed by atoms with Crippen LogP contribution in [-0.2, 0) is 40.8 Å². The molecular formula is C46H46Cl6P2Pd2S2-2. The van der Waals surface area contributed by atoms with Crippen LogP contribution in [0, 0.1) is 33.4 Å². The van der Waals surface area contributed by atoms with E-state index in [1.165, 1.54) is 66.9 Å². The predicted molar refractivity (Wildman–Crippen MR) is 226 cm³/mol. The zero-order chi connectivity index (χ0) is 35.2. The van der Waals surface area contributed by atoms with Crippen molar-refractivity contribution in [3.8, 4) is 0 Å². The van der Waals surface area contributed by atoms with Crippen molar-refractivity contribution in [1.29, 1.82) is 0 Å². The van der Waals surface area contributed by atoms with Crippen LogP contribution in [-0.4, -0.2) is 33.5 Å². The quantitative estimate of drug-likeness (QED) is 0.0851. The first-order valence-electron chi connectivity index (χ1n) is 18.1. The van der Waals surface area contributed by atoms with E-state index in [4.69, 9.17) is 0 Å². The molecule has 0 radical (unpaired) electrons. The molecule has 2 saturated carbocycles. The fourth-order valence-corrected chi connectivity index (χ4v) is 14.9. The molecule has 9 rings (SSSR count). The Morgan fingerprint density at radius 2 is 0.603 bits per heavy atom. The Hall–Kier alpha value is -0.0553. The van der Waals surface area contributed by atoms with Crippen LogP contribution in [0.25, 0.3) is 0 Å². The van der Waals surface area contributed by atoms with Gasteiger partial charge in [-0.15, -0.1) is 23.5 Å². The molecule has 58 heavy (non-hydrogen) atoms. The third kappa shape index (κ3) is 18.3. The summed E-state index contributed by atoms with van der Waals surface area (Å²) in [7, 11) is 4.18. The van der Waals surface area contributed by atoms with Crippen molar-refractivity contribution in [1.82, 2.24) is 0 Å². The van der Waals surface area contributed by atoms with Gasteiger partial charge in [-0.2, -0.15) is 0 Å². The van der Waals surface area contributed by atoms with E-state index in [2.05, 4.69) is 227 Å². The van der Waals surface area contributed by atoms with Gasteiger partial charge in [0.2, 0.25) is 0 Å². The Labute approximate surface area is 418 Å². The largest absolute Gasteiger partial charge is 1.00 e.